The highest BCUT2D eigenvalue weighted by Crippen LogP contribution is 2.09. The minimum absolute atomic E-state index is 0. The number of hydrogen-bond acceptors (Lipinski definition) is 2. The third kappa shape index (κ3) is 4.32. The molecule has 3 N–H and O–H groups in total. The van der Waals surface area contributed by atoms with E-state index >= 15 is 0 Å². The minimum atomic E-state index is -0.826. The lowest BCUT2D eigenvalue weighted by molar-refractivity contribution is -0.141. The molecule has 0 fully saturated rings. The van der Waals surface area contributed by atoms with E-state index in [1.54, 1.807) is 0 Å². The van der Waals surface area contributed by atoms with Crippen LogP contribution in [0.1, 0.15) is 11.1 Å². The van der Waals surface area contributed by atoms with Crippen molar-refractivity contribution in [1.82, 2.24) is 0 Å². The molecule has 0 unspecified atom stereocenters. The fraction of sp³-hybridized carbons (Fsp3) is 0.364. The van der Waals surface area contributed by atoms with Crippen LogP contribution in [-0.2, 0) is 11.2 Å². The zero-order chi connectivity index (χ0) is 10.6. The van der Waals surface area contributed by atoms with Crippen LogP contribution in [0.15, 0.2) is 24.3 Å². The first kappa shape index (κ1) is 13.9. The summed E-state index contributed by atoms with van der Waals surface area (Å²) in [5, 5.41) is 8.81. The molecule has 0 aliphatic heterocycles. The van der Waals surface area contributed by atoms with Crippen LogP contribution < -0.4 is 5.73 Å². The Morgan fingerprint density at radius 2 is 1.93 bits per heavy atom. The largest absolute Gasteiger partial charge is 0.481 e. The SMILES string of the molecule is Cc1ccc(C[C@@H](CN)C(=O)O)cc1.Cl. The Bertz CT molecular complexity index is 311. The van der Waals surface area contributed by atoms with E-state index in [0.29, 0.717) is 6.42 Å². The predicted molar refractivity (Wildman–Crippen MR) is 62.3 cm³/mol. The van der Waals surface area contributed by atoms with E-state index in [-0.39, 0.29) is 19.0 Å². The van der Waals surface area contributed by atoms with E-state index in [4.69, 9.17) is 10.8 Å². The lowest BCUT2D eigenvalue weighted by Crippen LogP contribution is -2.25. The molecule has 0 heterocycles. The molecule has 0 bridgehead atoms. The van der Waals surface area contributed by atoms with Crippen LogP contribution in [0.5, 0.6) is 0 Å². The molecule has 1 aromatic rings. The number of benzene rings is 1. The molecule has 15 heavy (non-hydrogen) atoms. The monoisotopic (exact) mass is 229 g/mol. The molecule has 3 nitrogen and oxygen atoms in total. The van der Waals surface area contributed by atoms with E-state index < -0.39 is 11.9 Å². The van der Waals surface area contributed by atoms with Gasteiger partial charge in [0.1, 0.15) is 0 Å². The van der Waals surface area contributed by atoms with Crippen molar-refractivity contribution in [3.63, 3.8) is 0 Å². The Kier molecular flexibility index (Phi) is 5.97. The number of rotatable bonds is 4. The van der Waals surface area contributed by atoms with Gasteiger partial charge in [0, 0.05) is 6.54 Å². The number of aliphatic carboxylic acids is 1. The van der Waals surface area contributed by atoms with Gasteiger partial charge in [0.15, 0.2) is 0 Å². The van der Waals surface area contributed by atoms with Crippen molar-refractivity contribution in [3.8, 4) is 0 Å². The van der Waals surface area contributed by atoms with Gasteiger partial charge in [-0.3, -0.25) is 4.79 Å². The van der Waals surface area contributed by atoms with Crippen LogP contribution in [0.25, 0.3) is 0 Å². The van der Waals surface area contributed by atoms with E-state index in [1.807, 2.05) is 31.2 Å². The normalized spacial score (nSPS) is 11.6. The maximum absolute atomic E-state index is 10.7. The van der Waals surface area contributed by atoms with Gasteiger partial charge >= 0.3 is 5.97 Å². The zero-order valence-electron chi connectivity index (χ0n) is 8.64. The molecule has 1 rings (SSSR count). The van der Waals surface area contributed by atoms with Crippen molar-refractivity contribution in [3.05, 3.63) is 35.4 Å². The zero-order valence-corrected chi connectivity index (χ0v) is 9.46. The lowest BCUT2D eigenvalue weighted by atomic mass is 9.99. The summed E-state index contributed by atoms with van der Waals surface area (Å²) in [6.07, 6.45) is 0.506. The Morgan fingerprint density at radius 3 is 2.33 bits per heavy atom. The Balaban J connectivity index is 0.00000196. The molecular formula is C11H16ClNO2. The fourth-order valence-electron chi connectivity index (χ4n) is 1.28. The van der Waals surface area contributed by atoms with E-state index in [0.717, 1.165) is 5.56 Å². The molecule has 0 aromatic heterocycles. The van der Waals surface area contributed by atoms with Gasteiger partial charge in [-0.1, -0.05) is 29.8 Å². The lowest BCUT2D eigenvalue weighted by Gasteiger charge is -2.09. The van der Waals surface area contributed by atoms with Gasteiger partial charge < -0.3 is 10.8 Å². The van der Waals surface area contributed by atoms with Crippen molar-refractivity contribution in [2.45, 2.75) is 13.3 Å². The van der Waals surface area contributed by atoms with Gasteiger partial charge in [0.25, 0.3) is 0 Å². The highest BCUT2D eigenvalue weighted by Gasteiger charge is 2.15. The number of carboxylic acids is 1. The van der Waals surface area contributed by atoms with Crippen LogP contribution >= 0.6 is 12.4 Å². The molecule has 1 atom stereocenters. The van der Waals surface area contributed by atoms with Crippen molar-refractivity contribution in [2.24, 2.45) is 11.7 Å². The van der Waals surface area contributed by atoms with Crippen LogP contribution in [0.3, 0.4) is 0 Å². The topological polar surface area (TPSA) is 63.3 Å². The molecule has 1 aromatic carbocycles. The third-order valence-corrected chi connectivity index (χ3v) is 2.24. The maximum Gasteiger partial charge on any atom is 0.308 e. The summed E-state index contributed by atoms with van der Waals surface area (Å²) >= 11 is 0. The first-order valence-electron chi connectivity index (χ1n) is 4.62. The Labute approximate surface area is 95.7 Å². The number of hydrogen-bond donors (Lipinski definition) is 2. The second-order valence-corrected chi connectivity index (χ2v) is 3.46. The number of halogens is 1. The summed E-state index contributed by atoms with van der Waals surface area (Å²) in [5.74, 6) is -1.30. The molecular weight excluding hydrogens is 214 g/mol. The average Bonchev–Trinajstić information content (AvgIpc) is 2.16. The summed E-state index contributed by atoms with van der Waals surface area (Å²) < 4.78 is 0. The summed E-state index contributed by atoms with van der Waals surface area (Å²) in [6.45, 7) is 2.19. The second-order valence-electron chi connectivity index (χ2n) is 3.46. The van der Waals surface area contributed by atoms with Crippen molar-refractivity contribution >= 4 is 18.4 Å². The van der Waals surface area contributed by atoms with Crippen LogP contribution in [-0.4, -0.2) is 17.6 Å². The number of aryl methyl sites for hydroxylation is 1. The average molecular weight is 230 g/mol. The fourth-order valence-corrected chi connectivity index (χ4v) is 1.28. The summed E-state index contributed by atoms with van der Waals surface area (Å²) in [4.78, 5) is 10.7. The third-order valence-electron chi connectivity index (χ3n) is 2.24. The molecule has 0 saturated heterocycles. The molecule has 0 radical (unpaired) electrons. The maximum atomic E-state index is 10.7. The van der Waals surface area contributed by atoms with Crippen molar-refractivity contribution < 1.29 is 9.90 Å². The number of nitrogens with two attached hydrogens (primary N) is 1. The van der Waals surface area contributed by atoms with Gasteiger partial charge in [0.05, 0.1) is 5.92 Å². The molecule has 0 saturated carbocycles. The number of carbonyl (C=O) groups is 1. The van der Waals surface area contributed by atoms with Gasteiger partial charge in [-0.25, -0.2) is 0 Å². The van der Waals surface area contributed by atoms with Gasteiger partial charge in [-0.15, -0.1) is 12.4 Å². The highest BCUT2D eigenvalue weighted by atomic mass is 35.5. The first-order chi connectivity index (χ1) is 6.63. The van der Waals surface area contributed by atoms with Crippen LogP contribution in [0.2, 0.25) is 0 Å². The van der Waals surface area contributed by atoms with E-state index in [2.05, 4.69) is 0 Å². The van der Waals surface area contributed by atoms with Crippen molar-refractivity contribution in [2.75, 3.05) is 6.54 Å². The summed E-state index contributed by atoms with van der Waals surface area (Å²) in [5.41, 5.74) is 7.57. The Hall–Kier alpha value is -1.06. The summed E-state index contributed by atoms with van der Waals surface area (Å²) in [6, 6.07) is 7.84. The van der Waals surface area contributed by atoms with Crippen LogP contribution in [0, 0.1) is 12.8 Å². The smallest absolute Gasteiger partial charge is 0.308 e. The van der Waals surface area contributed by atoms with Crippen LogP contribution in [0.4, 0.5) is 0 Å². The standard InChI is InChI=1S/C11H15NO2.ClH/c1-8-2-4-9(5-3-8)6-10(7-12)11(13)14;/h2-5,10H,6-7,12H2,1H3,(H,13,14);1H/t10-;/m0./s1. The van der Waals surface area contributed by atoms with E-state index in [9.17, 15) is 4.79 Å². The predicted octanol–water partition coefficient (Wildman–Crippen LogP) is 1.62. The van der Waals surface area contributed by atoms with Crippen molar-refractivity contribution in [1.29, 1.82) is 0 Å². The Morgan fingerprint density at radius 1 is 1.40 bits per heavy atom. The molecule has 0 aliphatic rings. The first-order valence-corrected chi connectivity index (χ1v) is 4.62. The summed E-state index contributed by atoms with van der Waals surface area (Å²) in [7, 11) is 0. The second kappa shape index (κ2) is 6.43. The number of carboxylic acid groups (broad SMARTS) is 1. The molecule has 0 spiro atoms. The van der Waals surface area contributed by atoms with E-state index in [1.165, 1.54) is 5.56 Å². The van der Waals surface area contributed by atoms with Gasteiger partial charge in [-0.2, -0.15) is 0 Å². The van der Waals surface area contributed by atoms with Gasteiger partial charge in [0.2, 0.25) is 0 Å². The molecule has 84 valence electrons. The highest BCUT2D eigenvalue weighted by molar-refractivity contribution is 5.85. The molecule has 4 heteroatoms. The molecule has 0 aliphatic carbocycles. The van der Waals surface area contributed by atoms with Gasteiger partial charge in [-0.05, 0) is 18.9 Å². The minimum Gasteiger partial charge on any atom is -0.481 e. The molecule has 0 amide bonds. The quantitative estimate of drug-likeness (QED) is 0.825.